The van der Waals surface area contributed by atoms with E-state index in [1.165, 1.54) is 10.5 Å². The lowest BCUT2D eigenvalue weighted by molar-refractivity contribution is -0.115. The Kier molecular flexibility index (Phi) is 4.21. The van der Waals surface area contributed by atoms with E-state index < -0.39 is 0 Å². The molecule has 19 heavy (non-hydrogen) atoms. The van der Waals surface area contributed by atoms with Gasteiger partial charge in [-0.3, -0.25) is 4.79 Å². The average Bonchev–Trinajstić information content (AvgIpc) is 2.29. The minimum absolute atomic E-state index is 0.000840. The molecule has 0 radical (unpaired) electrons. The lowest BCUT2D eigenvalue weighted by Gasteiger charge is -2.23. The maximum Gasteiger partial charge on any atom is 0.237 e. The van der Waals surface area contributed by atoms with Crippen LogP contribution in [-0.2, 0) is 11.2 Å². The van der Waals surface area contributed by atoms with E-state index in [0.717, 1.165) is 18.7 Å². The van der Waals surface area contributed by atoms with Crippen molar-refractivity contribution >= 4 is 23.4 Å². The highest BCUT2D eigenvalue weighted by Gasteiger charge is 2.22. The number of nitrogens with one attached hydrogen (secondary N) is 2. The van der Waals surface area contributed by atoms with Gasteiger partial charge in [0, 0.05) is 10.4 Å². The van der Waals surface area contributed by atoms with Crippen LogP contribution < -0.4 is 10.6 Å². The van der Waals surface area contributed by atoms with Crippen LogP contribution >= 0.6 is 11.8 Å². The molecule has 1 aromatic carbocycles. The van der Waals surface area contributed by atoms with Crippen molar-refractivity contribution in [2.75, 3.05) is 11.9 Å². The first-order valence-electron chi connectivity index (χ1n) is 6.71. The topological polar surface area (TPSA) is 41.1 Å². The van der Waals surface area contributed by atoms with Gasteiger partial charge < -0.3 is 10.6 Å². The lowest BCUT2D eigenvalue weighted by atomic mass is 10.1. The second-order valence-electron chi connectivity index (χ2n) is 6.01. The molecular weight excluding hydrogens is 256 g/mol. The number of benzene rings is 1. The van der Waals surface area contributed by atoms with E-state index in [-0.39, 0.29) is 16.7 Å². The largest absolute Gasteiger partial charge is 0.324 e. The van der Waals surface area contributed by atoms with Crippen LogP contribution in [-0.4, -0.2) is 23.2 Å². The zero-order valence-electron chi connectivity index (χ0n) is 12.0. The number of hydrogen-bond acceptors (Lipinski definition) is 3. The fourth-order valence-electron chi connectivity index (χ4n) is 1.99. The van der Waals surface area contributed by atoms with Crippen molar-refractivity contribution in [3.05, 3.63) is 23.8 Å². The molecule has 1 aliphatic rings. The number of carbonyl (C=O) groups is 1. The number of hydrogen-bond donors (Lipinski definition) is 2. The van der Waals surface area contributed by atoms with Crippen molar-refractivity contribution in [3.63, 3.8) is 0 Å². The fraction of sp³-hybridized carbons (Fsp3) is 0.533. The highest BCUT2D eigenvalue weighted by Crippen LogP contribution is 2.35. The molecule has 0 bridgehead atoms. The van der Waals surface area contributed by atoms with Crippen LogP contribution in [0.5, 0.6) is 0 Å². The summed E-state index contributed by atoms with van der Waals surface area (Å²) in [6.07, 6.45) is 0.973. The number of rotatable bonds is 3. The zero-order chi connectivity index (χ0) is 14.0. The molecule has 2 N–H and O–H groups in total. The van der Waals surface area contributed by atoms with Crippen LogP contribution in [0.3, 0.4) is 0 Å². The van der Waals surface area contributed by atoms with Gasteiger partial charge in [0.15, 0.2) is 0 Å². The van der Waals surface area contributed by atoms with E-state index in [1.807, 2.05) is 6.92 Å². The van der Waals surface area contributed by atoms with Crippen molar-refractivity contribution in [3.8, 4) is 0 Å². The molecule has 1 aromatic rings. The van der Waals surface area contributed by atoms with E-state index >= 15 is 0 Å². The maximum absolute atomic E-state index is 11.7. The van der Waals surface area contributed by atoms with E-state index in [1.54, 1.807) is 11.8 Å². The first-order chi connectivity index (χ1) is 8.85. The summed E-state index contributed by atoms with van der Waals surface area (Å²) in [5.41, 5.74) is 2.36. The van der Waals surface area contributed by atoms with Crippen molar-refractivity contribution in [1.82, 2.24) is 5.32 Å². The van der Waals surface area contributed by atoms with Crippen LogP contribution in [0.4, 0.5) is 5.69 Å². The quantitative estimate of drug-likeness (QED) is 0.893. The molecule has 4 heteroatoms. The molecule has 0 saturated heterocycles. The van der Waals surface area contributed by atoms with Gasteiger partial charge in [0.25, 0.3) is 0 Å². The number of thioether (sulfide) groups is 1. The Bertz CT molecular complexity index is 480. The Morgan fingerprint density at radius 1 is 1.37 bits per heavy atom. The van der Waals surface area contributed by atoms with E-state index in [2.05, 4.69) is 49.6 Å². The van der Waals surface area contributed by atoms with E-state index in [4.69, 9.17) is 0 Å². The summed E-state index contributed by atoms with van der Waals surface area (Å²) in [4.78, 5) is 12.8. The Labute approximate surface area is 119 Å². The molecule has 1 atom stereocenters. The third kappa shape index (κ3) is 3.98. The number of anilines is 1. The summed E-state index contributed by atoms with van der Waals surface area (Å²) in [5, 5.41) is 6.45. The van der Waals surface area contributed by atoms with Crippen LogP contribution in [0, 0.1) is 0 Å². The maximum atomic E-state index is 11.7. The SMILES string of the molecule is CC1Sc2ccc(CCNC(C)(C)C)cc2NC1=O. The summed E-state index contributed by atoms with van der Waals surface area (Å²) in [6.45, 7) is 9.37. The third-order valence-electron chi connectivity index (χ3n) is 3.04. The van der Waals surface area contributed by atoms with Crippen molar-refractivity contribution < 1.29 is 4.79 Å². The summed E-state index contributed by atoms with van der Waals surface area (Å²) in [7, 11) is 0. The molecule has 0 aliphatic carbocycles. The summed E-state index contributed by atoms with van der Waals surface area (Å²) in [5.74, 6) is 0.0995. The minimum Gasteiger partial charge on any atom is -0.324 e. The number of carbonyl (C=O) groups excluding carboxylic acids is 1. The second kappa shape index (κ2) is 5.55. The summed E-state index contributed by atoms with van der Waals surface area (Å²) in [6, 6.07) is 6.36. The molecule has 0 saturated carbocycles. The van der Waals surface area contributed by atoms with Crippen LogP contribution in [0.1, 0.15) is 33.3 Å². The van der Waals surface area contributed by atoms with Gasteiger partial charge in [0.1, 0.15) is 0 Å². The van der Waals surface area contributed by atoms with Gasteiger partial charge >= 0.3 is 0 Å². The highest BCUT2D eigenvalue weighted by molar-refractivity contribution is 8.00. The Morgan fingerprint density at radius 2 is 2.11 bits per heavy atom. The summed E-state index contributed by atoms with van der Waals surface area (Å²) < 4.78 is 0. The van der Waals surface area contributed by atoms with Gasteiger partial charge in [-0.2, -0.15) is 0 Å². The van der Waals surface area contributed by atoms with Crippen molar-refractivity contribution in [1.29, 1.82) is 0 Å². The van der Waals surface area contributed by atoms with E-state index in [9.17, 15) is 4.79 Å². The first kappa shape index (κ1) is 14.4. The van der Waals surface area contributed by atoms with Gasteiger partial charge in [0.05, 0.1) is 10.9 Å². The molecule has 0 aromatic heterocycles. The van der Waals surface area contributed by atoms with Gasteiger partial charge in [0.2, 0.25) is 5.91 Å². The number of amides is 1. The predicted octanol–water partition coefficient (Wildman–Crippen LogP) is 3.05. The number of fused-ring (bicyclic) bond motifs is 1. The highest BCUT2D eigenvalue weighted by atomic mass is 32.2. The van der Waals surface area contributed by atoms with E-state index in [0.29, 0.717) is 0 Å². The normalized spacial score (nSPS) is 18.9. The molecule has 0 fully saturated rings. The molecule has 1 unspecified atom stereocenters. The van der Waals surface area contributed by atoms with Crippen LogP contribution in [0.25, 0.3) is 0 Å². The fourth-order valence-corrected chi connectivity index (χ4v) is 2.92. The molecule has 1 heterocycles. The smallest absolute Gasteiger partial charge is 0.237 e. The third-order valence-corrected chi connectivity index (χ3v) is 4.22. The molecular formula is C15H22N2OS. The minimum atomic E-state index is 0.000840. The molecule has 1 amide bonds. The Balaban J connectivity index is 2.01. The average molecular weight is 278 g/mol. The van der Waals surface area contributed by atoms with Crippen molar-refractivity contribution in [2.24, 2.45) is 0 Å². The standard InChI is InChI=1S/C15H22N2OS/c1-10-14(18)17-12-9-11(5-6-13(12)19-10)7-8-16-15(2,3)4/h5-6,9-10,16H,7-8H2,1-4H3,(H,17,18). The van der Waals surface area contributed by atoms with Gasteiger partial charge in [-0.1, -0.05) is 6.07 Å². The zero-order valence-corrected chi connectivity index (χ0v) is 12.9. The van der Waals surface area contributed by atoms with Gasteiger partial charge in [-0.05, 0) is 58.4 Å². The Morgan fingerprint density at radius 3 is 2.79 bits per heavy atom. The van der Waals surface area contributed by atoms with Crippen LogP contribution in [0.15, 0.2) is 23.1 Å². The first-order valence-corrected chi connectivity index (χ1v) is 7.58. The lowest BCUT2D eigenvalue weighted by Crippen LogP contribution is -2.37. The van der Waals surface area contributed by atoms with Crippen LogP contribution in [0.2, 0.25) is 0 Å². The Hall–Kier alpha value is -1.00. The predicted molar refractivity (Wildman–Crippen MR) is 81.9 cm³/mol. The molecule has 0 spiro atoms. The monoisotopic (exact) mass is 278 g/mol. The van der Waals surface area contributed by atoms with Gasteiger partial charge in [-0.25, -0.2) is 0 Å². The van der Waals surface area contributed by atoms with Crippen molar-refractivity contribution in [2.45, 2.75) is 49.8 Å². The molecule has 1 aliphatic heterocycles. The van der Waals surface area contributed by atoms with Gasteiger partial charge in [-0.15, -0.1) is 11.8 Å². The molecule has 3 nitrogen and oxygen atoms in total. The molecule has 104 valence electrons. The summed E-state index contributed by atoms with van der Waals surface area (Å²) >= 11 is 1.63. The molecule has 2 rings (SSSR count). The second-order valence-corrected chi connectivity index (χ2v) is 7.39.